The zero-order chi connectivity index (χ0) is 16.5. The summed E-state index contributed by atoms with van der Waals surface area (Å²) in [5, 5.41) is 9.71. The van der Waals surface area contributed by atoms with Crippen LogP contribution in [0.3, 0.4) is 0 Å². The smallest absolute Gasteiger partial charge is 0.0836 e. The molecule has 4 heteroatoms. The highest BCUT2D eigenvalue weighted by atomic mass is 16.5. The van der Waals surface area contributed by atoms with E-state index in [2.05, 4.69) is 31.8 Å². The van der Waals surface area contributed by atoms with Crippen LogP contribution in [0.4, 0.5) is 0 Å². The SMILES string of the molecule is CCC(Cc1cc(C(CC)CO)c(C(CC)OC)cn1)OC. The van der Waals surface area contributed by atoms with Crippen molar-refractivity contribution >= 4 is 0 Å². The lowest BCUT2D eigenvalue weighted by molar-refractivity contribution is 0.0965. The van der Waals surface area contributed by atoms with E-state index in [0.717, 1.165) is 42.5 Å². The van der Waals surface area contributed by atoms with E-state index in [-0.39, 0.29) is 24.7 Å². The van der Waals surface area contributed by atoms with Crippen molar-refractivity contribution in [3.63, 3.8) is 0 Å². The lowest BCUT2D eigenvalue weighted by Gasteiger charge is -2.23. The first-order valence-electron chi connectivity index (χ1n) is 8.30. The third-order valence-electron chi connectivity index (χ3n) is 4.41. The van der Waals surface area contributed by atoms with E-state index in [1.807, 2.05) is 6.20 Å². The Bertz CT molecular complexity index is 424. The van der Waals surface area contributed by atoms with Gasteiger partial charge in [-0.3, -0.25) is 4.98 Å². The maximum Gasteiger partial charge on any atom is 0.0836 e. The maximum atomic E-state index is 9.71. The summed E-state index contributed by atoms with van der Waals surface area (Å²) >= 11 is 0. The lowest BCUT2D eigenvalue weighted by atomic mass is 9.89. The summed E-state index contributed by atoms with van der Waals surface area (Å²) in [6, 6.07) is 2.13. The van der Waals surface area contributed by atoms with Gasteiger partial charge in [-0.25, -0.2) is 0 Å². The predicted molar refractivity (Wildman–Crippen MR) is 89.2 cm³/mol. The summed E-state index contributed by atoms with van der Waals surface area (Å²) in [5.74, 6) is 0.128. The molecule has 1 rings (SSSR count). The standard InChI is InChI=1S/C18H31NO3/c1-6-13(12-20)16-10-14(9-15(7-2)21-4)19-11-17(16)18(8-3)22-5/h10-11,13,15,18,20H,6-9,12H2,1-5H3. The zero-order valence-electron chi connectivity index (χ0n) is 14.6. The third-order valence-corrected chi connectivity index (χ3v) is 4.41. The topological polar surface area (TPSA) is 51.6 Å². The van der Waals surface area contributed by atoms with Crippen LogP contribution in [0.1, 0.15) is 68.9 Å². The molecule has 0 bridgehead atoms. The molecule has 22 heavy (non-hydrogen) atoms. The first-order valence-corrected chi connectivity index (χ1v) is 8.30. The molecule has 0 amide bonds. The second-order valence-electron chi connectivity index (χ2n) is 5.69. The molecule has 3 atom stereocenters. The monoisotopic (exact) mass is 309 g/mol. The molecule has 0 aliphatic rings. The third kappa shape index (κ3) is 4.77. The second-order valence-corrected chi connectivity index (χ2v) is 5.69. The fourth-order valence-electron chi connectivity index (χ4n) is 2.85. The molecule has 0 fully saturated rings. The number of pyridine rings is 1. The van der Waals surface area contributed by atoms with Gasteiger partial charge in [-0.2, -0.15) is 0 Å². The molecule has 0 aliphatic carbocycles. The molecule has 1 heterocycles. The van der Waals surface area contributed by atoms with E-state index in [0.29, 0.717) is 0 Å². The number of nitrogens with zero attached hydrogens (tertiary/aromatic N) is 1. The molecule has 1 N–H and O–H groups in total. The number of methoxy groups -OCH3 is 2. The summed E-state index contributed by atoms with van der Waals surface area (Å²) < 4.78 is 11.0. The van der Waals surface area contributed by atoms with Gasteiger partial charge >= 0.3 is 0 Å². The van der Waals surface area contributed by atoms with Crippen LogP contribution in [0.15, 0.2) is 12.3 Å². The Kier molecular flexibility index (Phi) is 8.61. The number of aliphatic hydroxyl groups is 1. The van der Waals surface area contributed by atoms with Gasteiger partial charge in [0, 0.05) is 50.6 Å². The number of aliphatic hydroxyl groups excluding tert-OH is 1. The minimum Gasteiger partial charge on any atom is -0.396 e. The average molecular weight is 309 g/mol. The lowest BCUT2D eigenvalue weighted by Crippen LogP contribution is -2.16. The second kappa shape index (κ2) is 9.93. The molecule has 3 unspecified atom stereocenters. The summed E-state index contributed by atoms with van der Waals surface area (Å²) in [5.41, 5.74) is 3.28. The molecule has 0 saturated carbocycles. The number of hydrogen-bond donors (Lipinski definition) is 1. The highest BCUT2D eigenvalue weighted by Gasteiger charge is 2.20. The van der Waals surface area contributed by atoms with E-state index in [1.165, 1.54) is 0 Å². The average Bonchev–Trinajstić information content (AvgIpc) is 2.56. The van der Waals surface area contributed by atoms with Crippen molar-refractivity contribution in [1.29, 1.82) is 0 Å². The van der Waals surface area contributed by atoms with Crippen molar-refractivity contribution in [3.05, 3.63) is 29.1 Å². The predicted octanol–water partition coefficient (Wildman–Crippen LogP) is 3.63. The van der Waals surface area contributed by atoms with Crippen LogP contribution in [0.5, 0.6) is 0 Å². The number of hydrogen-bond acceptors (Lipinski definition) is 4. The molecule has 4 nitrogen and oxygen atoms in total. The van der Waals surface area contributed by atoms with Gasteiger partial charge in [0.1, 0.15) is 0 Å². The Labute approximate surface area is 134 Å². The van der Waals surface area contributed by atoms with Crippen molar-refractivity contribution in [2.45, 2.75) is 64.6 Å². The van der Waals surface area contributed by atoms with E-state index in [9.17, 15) is 5.11 Å². The summed E-state index contributed by atoms with van der Waals surface area (Å²) in [6.45, 7) is 6.46. The van der Waals surface area contributed by atoms with Crippen LogP contribution in [0, 0.1) is 0 Å². The van der Waals surface area contributed by atoms with Gasteiger partial charge in [0.05, 0.1) is 12.2 Å². The quantitative estimate of drug-likeness (QED) is 0.717. The van der Waals surface area contributed by atoms with Crippen LogP contribution < -0.4 is 0 Å². The van der Waals surface area contributed by atoms with Crippen LogP contribution in [-0.4, -0.2) is 37.0 Å². The van der Waals surface area contributed by atoms with Crippen molar-refractivity contribution < 1.29 is 14.6 Å². The van der Waals surface area contributed by atoms with Gasteiger partial charge in [-0.15, -0.1) is 0 Å². The number of ether oxygens (including phenoxy) is 2. The van der Waals surface area contributed by atoms with E-state index in [1.54, 1.807) is 14.2 Å². The number of rotatable bonds is 10. The van der Waals surface area contributed by atoms with Gasteiger partial charge in [0.15, 0.2) is 0 Å². The van der Waals surface area contributed by atoms with E-state index >= 15 is 0 Å². The van der Waals surface area contributed by atoms with Gasteiger partial charge in [-0.1, -0.05) is 20.8 Å². The van der Waals surface area contributed by atoms with Crippen LogP contribution >= 0.6 is 0 Å². The molecule has 1 aromatic heterocycles. The van der Waals surface area contributed by atoms with Gasteiger partial charge in [0.25, 0.3) is 0 Å². The van der Waals surface area contributed by atoms with Crippen LogP contribution in [0.25, 0.3) is 0 Å². The fraction of sp³-hybridized carbons (Fsp3) is 0.722. The van der Waals surface area contributed by atoms with Crippen molar-refractivity contribution in [3.8, 4) is 0 Å². The van der Waals surface area contributed by atoms with Gasteiger partial charge in [-0.05, 0) is 30.9 Å². The Hall–Kier alpha value is -0.970. The largest absolute Gasteiger partial charge is 0.396 e. The molecule has 0 aliphatic heterocycles. The van der Waals surface area contributed by atoms with Crippen molar-refractivity contribution in [2.75, 3.05) is 20.8 Å². The highest BCUT2D eigenvalue weighted by Crippen LogP contribution is 2.31. The molecule has 1 aromatic rings. The Balaban J connectivity index is 3.18. The first kappa shape index (κ1) is 19.1. The zero-order valence-corrected chi connectivity index (χ0v) is 14.6. The summed E-state index contributed by atoms with van der Waals surface area (Å²) in [7, 11) is 3.47. The highest BCUT2D eigenvalue weighted by molar-refractivity contribution is 5.32. The van der Waals surface area contributed by atoms with Crippen molar-refractivity contribution in [1.82, 2.24) is 4.98 Å². The van der Waals surface area contributed by atoms with E-state index in [4.69, 9.17) is 9.47 Å². The fourth-order valence-corrected chi connectivity index (χ4v) is 2.85. The minimum atomic E-state index is 0.0292. The summed E-state index contributed by atoms with van der Waals surface area (Å²) in [6.07, 6.45) is 5.68. The van der Waals surface area contributed by atoms with Crippen LogP contribution in [-0.2, 0) is 15.9 Å². The Morgan fingerprint density at radius 2 is 1.77 bits per heavy atom. The number of aromatic nitrogens is 1. The Morgan fingerprint density at radius 1 is 1.05 bits per heavy atom. The molecular weight excluding hydrogens is 278 g/mol. The molecule has 0 spiro atoms. The normalized spacial score (nSPS) is 15.5. The minimum absolute atomic E-state index is 0.0292. The van der Waals surface area contributed by atoms with Gasteiger partial charge in [0.2, 0.25) is 0 Å². The van der Waals surface area contributed by atoms with Crippen molar-refractivity contribution in [2.24, 2.45) is 0 Å². The molecule has 126 valence electrons. The Morgan fingerprint density at radius 3 is 2.23 bits per heavy atom. The molecule has 0 saturated heterocycles. The first-order chi connectivity index (χ1) is 10.6. The van der Waals surface area contributed by atoms with Gasteiger partial charge < -0.3 is 14.6 Å². The van der Waals surface area contributed by atoms with E-state index < -0.39 is 0 Å². The molecular formula is C18H31NO3. The van der Waals surface area contributed by atoms with Crippen LogP contribution in [0.2, 0.25) is 0 Å². The summed E-state index contributed by atoms with van der Waals surface area (Å²) in [4.78, 5) is 4.60. The molecule has 0 radical (unpaired) electrons. The maximum absolute atomic E-state index is 9.71. The molecule has 0 aromatic carbocycles.